The van der Waals surface area contributed by atoms with E-state index in [1.165, 1.54) is 6.33 Å². The van der Waals surface area contributed by atoms with Gasteiger partial charge in [0, 0.05) is 18.7 Å². The number of carbonyl (C=O) groups excluding carboxylic acids is 1. The maximum atomic E-state index is 12.6. The van der Waals surface area contributed by atoms with Crippen LogP contribution in [-0.2, 0) is 12.6 Å². The van der Waals surface area contributed by atoms with E-state index in [0.717, 1.165) is 18.2 Å². The van der Waals surface area contributed by atoms with E-state index in [1.807, 2.05) is 0 Å². The van der Waals surface area contributed by atoms with Gasteiger partial charge in [-0.3, -0.25) is 9.89 Å². The first-order valence-electron chi connectivity index (χ1n) is 5.97. The summed E-state index contributed by atoms with van der Waals surface area (Å²) in [5.41, 5.74) is 4.40. The van der Waals surface area contributed by atoms with Crippen molar-refractivity contribution in [1.29, 1.82) is 0 Å². The first-order valence-corrected chi connectivity index (χ1v) is 5.97. The van der Waals surface area contributed by atoms with E-state index in [0.29, 0.717) is 12.2 Å². The SMILES string of the molecule is Nc1ccc(C(F)(F)F)cc1C(=O)NCCc1ncn[nH]1. The number of amides is 1. The molecular weight excluding hydrogens is 287 g/mol. The molecule has 9 heteroatoms. The first kappa shape index (κ1) is 14.8. The number of nitrogen functional groups attached to an aromatic ring is 1. The van der Waals surface area contributed by atoms with E-state index < -0.39 is 17.6 Å². The smallest absolute Gasteiger partial charge is 0.398 e. The number of hydrogen-bond acceptors (Lipinski definition) is 4. The Labute approximate surface area is 117 Å². The summed E-state index contributed by atoms with van der Waals surface area (Å²) in [5.74, 6) is -0.106. The van der Waals surface area contributed by atoms with Gasteiger partial charge in [0.05, 0.1) is 11.1 Å². The first-order chi connectivity index (χ1) is 9.88. The summed E-state index contributed by atoms with van der Waals surface area (Å²) < 4.78 is 37.8. The molecule has 1 aromatic carbocycles. The van der Waals surface area contributed by atoms with E-state index >= 15 is 0 Å². The molecular formula is C12H12F3N5O. The summed E-state index contributed by atoms with van der Waals surface area (Å²) in [4.78, 5) is 15.7. The van der Waals surface area contributed by atoms with E-state index in [-0.39, 0.29) is 17.8 Å². The summed E-state index contributed by atoms with van der Waals surface area (Å²) in [6.07, 6.45) is -2.82. The molecule has 0 unspecified atom stereocenters. The molecule has 2 aromatic rings. The Kier molecular flexibility index (Phi) is 4.10. The number of carbonyl (C=O) groups is 1. The molecule has 0 saturated carbocycles. The highest BCUT2D eigenvalue weighted by molar-refractivity contribution is 5.99. The van der Waals surface area contributed by atoms with Gasteiger partial charge in [-0.2, -0.15) is 18.3 Å². The fourth-order valence-corrected chi connectivity index (χ4v) is 1.67. The van der Waals surface area contributed by atoms with Crippen molar-refractivity contribution in [2.75, 3.05) is 12.3 Å². The predicted octanol–water partition coefficient (Wildman–Crippen LogP) is 1.38. The molecule has 2 rings (SSSR count). The van der Waals surface area contributed by atoms with Gasteiger partial charge in [0.15, 0.2) is 0 Å². The lowest BCUT2D eigenvalue weighted by Gasteiger charge is -2.11. The minimum absolute atomic E-state index is 0.0137. The second-order valence-corrected chi connectivity index (χ2v) is 4.24. The van der Waals surface area contributed by atoms with Crippen molar-refractivity contribution in [3.05, 3.63) is 41.5 Å². The second-order valence-electron chi connectivity index (χ2n) is 4.24. The van der Waals surface area contributed by atoms with Crippen LogP contribution in [0.15, 0.2) is 24.5 Å². The monoisotopic (exact) mass is 299 g/mol. The maximum Gasteiger partial charge on any atom is 0.416 e. The topological polar surface area (TPSA) is 96.7 Å². The van der Waals surface area contributed by atoms with Crippen LogP contribution in [0.2, 0.25) is 0 Å². The molecule has 0 bridgehead atoms. The summed E-state index contributed by atoms with van der Waals surface area (Å²) in [7, 11) is 0. The summed E-state index contributed by atoms with van der Waals surface area (Å²) >= 11 is 0. The molecule has 112 valence electrons. The molecule has 4 N–H and O–H groups in total. The molecule has 6 nitrogen and oxygen atoms in total. The van der Waals surface area contributed by atoms with E-state index in [2.05, 4.69) is 20.5 Å². The minimum Gasteiger partial charge on any atom is -0.398 e. The highest BCUT2D eigenvalue weighted by Gasteiger charge is 2.31. The van der Waals surface area contributed by atoms with Crippen molar-refractivity contribution >= 4 is 11.6 Å². The highest BCUT2D eigenvalue weighted by Crippen LogP contribution is 2.31. The number of anilines is 1. The van der Waals surface area contributed by atoms with Gasteiger partial charge in [-0.15, -0.1) is 0 Å². The van der Waals surface area contributed by atoms with E-state index in [1.54, 1.807) is 0 Å². The zero-order chi connectivity index (χ0) is 15.5. The third-order valence-corrected chi connectivity index (χ3v) is 2.74. The Bertz CT molecular complexity index is 624. The Morgan fingerprint density at radius 3 is 2.76 bits per heavy atom. The highest BCUT2D eigenvalue weighted by atomic mass is 19.4. The van der Waals surface area contributed by atoms with E-state index in [9.17, 15) is 18.0 Å². The Hall–Kier alpha value is -2.58. The van der Waals surface area contributed by atoms with Gasteiger partial charge in [0.25, 0.3) is 5.91 Å². The number of H-pyrrole nitrogens is 1. The Morgan fingerprint density at radius 2 is 2.14 bits per heavy atom. The van der Waals surface area contributed by atoms with Gasteiger partial charge < -0.3 is 11.1 Å². The lowest BCUT2D eigenvalue weighted by Crippen LogP contribution is -2.27. The fourth-order valence-electron chi connectivity index (χ4n) is 1.67. The quantitative estimate of drug-likeness (QED) is 0.743. The molecule has 0 radical (unpaired) electrons. The number of aromatic amines is 1. The van der Waals surface area contributed by atoms with Gasteiger partial charge >= 0.3 is 6.18 Å². The summed E-state index contributed by atoms with van der Waals surface area (Å²) in [6, 6.07) is 2.63. The number of halogens is 3. The predicted molar refractivity (Wildman–Crippen MR) is 68.3 cm³/mol. The molecule has 1 aromatic heterocycles. The van der Waals surface area contributed by atoms with Crippen LogP contribution in [0, 0.1) is 0 Å². The zero-order valence-corrected chi connectivity index (χ0v) is 10.7. The van der Waals surface area contributed by atoms with Crippen LogP contribution in [-0.4, -0.2) is 27.6 Å². The number of aromatic nitrogens is 3. The summed E-state index contributed by atoms with van der Waals surface area (Å²) in [5, 5.41) is 8.72. The van der Waals surface area contributed by atoms with Crippen molar-refractivity contribution in [2.24, 2.45) is 0 Å². The van der Waals surface area contributed by atoms with Gasteiger partial charge in [-0.25, -0.2) is 4.98 Å². The van der Waals surface area contributed by atoms with Gasteiger partial charge in [0.2, 0.25) is 0 Å². The van der Waals surface area contributed by atoms with Crippen LogP contribution in [0.4, 0.5) is 18.9 Å². The molecule has 21 heavy (non-hydrogen) atoms. The number of hydrogen-bond donors (Lipinski definition) is 3. The van der Waals surface area contributed by atoms with Crippen molar-refractivity contribution < 1.29 is 18.0 Å². The van der Waals surface area contributed by atoms with Gasteiger partial charge in [-0.05, 0) is 18.2 Å². The van der Waals surface area contributed by atoms with Crippen LogP contribution >= 0.6 is 0 Å². The molecule has 0 atom stereocenters. The third-order valence-electron chi connectivity index (χ3n) is 2.74. The number of nitrogens with zero attached hydrogens (tertiary/aromatic N) is 2. The van der Waals surface area contributed by atoms with E-state index in [4.69, 9.17) is 5.73 Å². The molecule has 0 fully saturated rings. The second kappa shape index (κ2) is 5.81. The van der Waals surface area contributed by atoms with Crippen LogP contribution in [0.3, 0.4) is 0 Å². The molecule has 1 amide bonds. The standard InChI is InChI=1S/C12H12F3N5O/c13-12(14,15)7-1-2-9(16)8(5-7)11(21)17-4-3-10-18-6-19-20-10/h1-2,5-6H,3-4,16H2,(H,17,21)(H,18,19,20). The maximum absolute atomic E-state index is 12.6. The summed E-state index contributed by atoms with van der Waals surface area (Å²) in [6.45, 7) is 0.198. The average molecular weight is 299 g/mol. The molecule has 0 aliphatic heterocycles. The third kappa shape index (κ3) is 3.71. The number of alkyl halides is 3. The van der Waals surface area contributed by atoms with Crippen molar-refractivity contribution in [3.8, 4) is 0 Å². The molecule has 1 heterocycles. The lowest BCUT2D eigenvalue weighted by atomic mass is 10.1. The Balaban J connectivity index is 2.04. The van der Waals surface area contributed by atoms with Crippen LogP contribution in [0.5, 0.6) is 0 Å². The number of benzene rings is 1. The number of nitrogens with two attached hydrogens (primary N) is 1. The number of nitrogens with one attached hydrogen (secondary N) is 2. The Morgan fingerprint density at radius 1 is 1.38 bits per heavy atom. The minimum atomic E-state index is -4.53. The lowest BCUT2D eigenvalue weighted by molar-refractivity contribution is -0.137. The van der Waals surface area contributed by atoms with Gasteiger partial charge in [0.1, 0.15) is 12.2 Å². The van der Waals surface area contributed by atoms with Crippen LogP contribution in [0.1, 0.15) is 21.7 Å². The normalized spacial score (nSPS) is 11.4. The fraction of sp³-hybridized carbons (Fsp3) is 0.250. The molecule has 0 spiro atoms. The van der Waals surface area contributed by atoms with Crippen LogP contribution in [0.25, 0.3) is 0 Å². The average Bonchev–Trinajstić information content (AvgIpc) is 2.91. The molecule has 0 aliphatic carbocycles. The van der Waals surface area contributed by atoms with Crippen molar-refractivity contribution in [1.82, 2.24) is 20.5 Å². The number of rotatable bonds is 4. The van der Waals surface area contributed by atoms with Crippen molar-refractivity contribution in [2.45, 2.75) is 12.6 Å². The largest absolute Gasteiger partial charge is 0.416 e. The zero-order valence-electron chi connectivity index (χ0n) is 10.7. The molecule has 0 saturated heterocycles. The van der Waals surface area contributed by atoms with Gasteiger partial charge in [-0.1, -0.05) is 0 Å². The van der Waals surface area contributed by atoms with Crippen molar-refractivity contribution in [3.63, 3.8) is 0 Å². The molecule has 0 aliphatic rings. The van der Waals surface area contributed by atoms with Crippen LogP contribution < -0.4 is 11.1 Å².